The van der Waals surface area contributed by atoms with E-state index in [1.807, 2.05) is 18.2 Å². The predicted octanol–water partition coefficient (Wildman–Crippen LogP) is 4.34. The molecule has 3 rings (SSSR count). The third-order valence-electron chi connectivity index (χ3n) is 5.57. The highest BCUT2D eigenvalue weighted by Gasteiger charge is 2.19. The zero-order valence-electron chi connectivity index (χ0n) is 23.6. The topological polar surface area (TPSA) is 148 Å². The molecule has 0 fully saturated rings. The van der Waals surface area contributed by atoms with Crippen LogP contribution in [0.2, 0.25) is 10.0 Å². The second-order valence-corrected chi connectivity index (χ2v) is 12.3. The SMILES string of the molecule is CC(C)(C#Cc1ccc(NC(=O)CSc2nnnn2-c2ccc(C(C)(C)C)cc2Cl)c(Cl)c1)OCC(=O)NCC(=O)O. The summed E-state index contributed by atoms with van der Waals surface area (Å²) < 4.78 is 6.96. The number of amides is 2. The van der Waals surface area contributed by atoms with Crippen molar-refractivity contribution in [3.8, 4) is 17.5 Å². The van der Waals surface area contributed by atoms with Gasteiger partial charge in [0, 0.05) is 5.56 Å². The lowest BCUT2D eigenvalue weighted by molar-refractivity contribution is -0.139. The third-order valence-corrected chi connectivity index (χ3v) is 7.10. The average molecular weight is 634 g/mol. The van der Waals surface area contributed by atoms with Gasteiger partial charge in [-0.3, -0.25) is 14.4 Å². The molecule has 42 heavy (non-hydrogen) atoms. The molecule has 0 radical (unpaired) electrons. The predicted molar refractivity (Wildman–Crippen MR) is 161 cm³/mol. The van der Waals surface area contributed by atoms with Gasteiger partial charge in [-0.2, -0.15) is 4.68 Å². The number of ether oxygens (including phenoxy) is 1. The molecule has 3 aromatic rings. The molecule has 0 bridgehead atoms. The van der Waals surface area contributed by atoms with Crippen molar-refractivity contribution >= 4 is 58.4 Å². The van der Waals surface area contributed by atoms with Gasteiger partial charge in [0.15, 0.2) is 0 Å². The van der Waals surface area contributed by atoms with E-state index in [0.717, 1.165) is 17.3 Å². The fraction of sp³-hybridized carbons (Fsp3) is 0.357. The summed E-state index contributed by atoms with van der Waals surface area (Å²) in [6.07, 6.45) is 0. The van der Waals surface area contributed by atoms with Crippen LogP contribution in [-0.2, 0) is 24.5 Å². The van der Waals surface area contributed by atoms with E-state index in [9.17, 15) is 14.4 Å². The second kappa shape index (κ2) is 14.0. The number of halogens is 2. The molecule has 0 aliphatic carbocycles. The number of thioether (sulfide) groups is 1. The Morgan fingerprint density at radius 2 is 1.79 bits per heavy atom. The highest BCUT2D eigenvalue weighted by atomic mass is 35.5. The third kappa shape index (κ3) is 9.73. The lowest BCUT2D eigenvalue weighted by atomic mass is 9.87. The van der Waals surface area contributed by atoms with Gasteiger partial charge >= 0.3 is 5.97 Å². The van der Waals surface area contributed by atoms with Crippen molar-refractivity contribution < 1.29 is 24.2 Å². The fourth-order valence-corrected chi connectivity index (χ4v) is 4.48. The maximum absolute atomic E-state index is 12.7. The summed E-state index contributed by atoms with van der Waals surface area (Å²) in [6.45, 7) is 8.79. The highest BCUT2D eigenvalue weighted by molar-refractivity contribution is 7.99. The Labute approximate surface area is 257 Å². The summed E-state index contributed by atoms with van der Waals surface area (Å²) in [6, 6.07) is 10.6. The number of hydrogen-bond donors (Lipinski definition) is 3. The quantitative estimate of drug-likeness (QED) is 0.219. The maximum Gasteiger partial charge on any atom is 0.322 e. The van der Waals surface area contributed by atoms with Crippen LogP contribution < -0.4 is 10.6 Å². The number of aliphatic carboxylic acids is 1. The van der Waals surface area contributed by atoms with Crippen molar-refractivity contribution in [2.75, 3.05) is 24.2 Å². The van der Waals surface area contributed by atoms with Crippen LogP contribution >= 0.6 is 35.0 Å². The molecule has 1 heterocycles. The van der Waals surface area contributed by atoms with Crippen molar-refractivity contribution in [3.63, 3.8) is 0 Å². The maximum atomic E-state index is 12.7. The summed E-state index contributed by atoms with van der Waals surface area (Å²) in [5.41, 5.74) is 1.58. The molecule has 1 aromatic heterocycles. The highest BCUT2D eigenvalue weighted by Crippen LogP contribution is 2.30. The minimum Gasteiger partial charge on any atom is -0.480 e. The summed E-state index contributed by atoms with van der Waals surface area (Å²) >= 11 is 14.1. The first-order valence-corrected chi connectivity index (χ1v) is 14.4. The van der Waals surface area contributed by atoms with Crippen molar-refractivity contribution in [1.29, 1.82) is 0 Å². The van der Waals surface area contributed by atoms with Crippen LogP contribution in [0.25, 0.3) is 5.69 Å². The van der Waals surface area contributed by atoms with E-state index in [4.69, 9.17) is 33.0 Å². The monoisotopic (exact) mass is 632 g/mol. The van der Waals surface area contributed by atoms with Gasteiger partial charge in [-0.15, -0.1) is 5.10 Å². The molecule has 0 atom stereocenters. The Hall–Kier alpha value is -3.63. The number of tetrazole rings is 1. The number of nitrogens with one attached hydrogen (secondary N) is 2. The molecule has 14 heteroatoms. The second-order valence-electron chi connectivity index (χ2n) is 10.5. The van der Waals surface area contributed by atoms with Crippen LogP contribution in [0.15, 0.2) is 41.6 Å². The van der Waals surface area contributed by atoms with E-state index in [0.29, 0.717) is 27.1 Å². The van der Waals surface area contributed by atoms with Crippen LogP contribution in [-0.4, -0.2) is 67.6 Å². The van der Waals surface area contributed by atoms with E-state index in [-0.39, 0.29) is 28.7 Å². The van der Waals surface area contributed by atoms with E-state index >= 15 is 0 Å². The van der Waals surface area contributed by atoms with Gasteiger partial charge in [0.25, 0.3) is 0 Å². The number of hydrogen-bond acceptors (Lipinski definition) is 8. The van der Waals surface area contributed by atoms with Crippen LogP contribution in [0.4, 0.5) is 5.69 Å². The molecule has 0 spiro atoms. The molecule has 2 aromatic carbocycles. The molecule has 3 N–H and O–H groups in total. The van der Waals surface area contributed by atoms with Crippen LogP contribution in [0, 0.1) is 11.8 Å². The van der Waals surface area contributed by atoms with Crippen molar-refractivity contribution in [1.82, 2.24) is 25.5 Å². The molecule has 2 amide bonds. The van der Waals surface area contributed by atoms with Crippen LogP contribution in [0.1, 0.15) is 45.7 Å². The van der Waals surface area contributed by atoms with E-state index in [1.54, 1.807) is 32.0 Å². The minimum absolute atomic E-state index is 0.0154. The van der Waals surface area contributed by atoms with Gasteiger partial charge in [0.1, 0.15) is 18.8 Å². The first kappa shape index (κ1) is 32.9. The average Bonchev–Trinajstić information content (AvgIpc) is 3.37. The molecular formula is C28H30Cl2N6O5S. The van der Waals surface area contributed by atoms with Crippen LogP contribution in [0.5, 0.6) is 0 Å². The molecule has 11 nitrogen and oxygen atoms in total. The Morgan fingerprint density at radius 3 is 2.43 bits per heavy atom. The van der Waals surface area contributed by atoms with Crippen molar-refractivity contribution in [2.24, 2.45) is 0 Å². The Kier molecular flexibility index (Phi) is 11.0. The van der Waals surface area contributed by atoms with E-state index in [2.05, 4.69) is 58.8 Å². The van der Waals surface area contributed by atoms with Crippen LogP contribution in [0.3, 0.4) is 0 Å². The molecule has 0 unspecified atom stereocenters. The number of carbonyl (C=O) groups is 3. The summed E-state index contributed by atoms with van der Waals surface area (Å²) in [4.78, 5) is 34.9. The first-order chi connectivity index (χ1) is 19.6. The molecule has 0 saturated carbocycles. The summed E-state index contributed by atoms with van der Waals surface area (Å²) in [5.74, 6) is 3.81. The molecule has 0 aliphatic heterocycles. The largest absolute Gasteiger partial charge is 0.480 e. The molecule has 222 valence electrons. The molecule has 0 saturated heterocycles. The summed E-state index contributed by atoms with van der Waals surface area (Å²) in [5, 5.41) is 26.5. The number of carbonyl (C=O) groups excluding carboxylic acids is 2. The molecule has 0 aliphatic rings. The van der Waals surface area contributed by atoms with Crippen molar-refractivity contribution in [3.05, 3.63) is 57.6 Å². The summed E-state index contributed by atoms with van der Waals surface area (Å²) in [7, 11) is 0. The van der Waals surface area contributed by atoms with E-state index < -0.39 is 24.0 Å². The number of nitrogens with zero attached hydrogens (tertiary/aromatic N) is 4. The van der Waals surface area contributed by atoms with Gasteiger partial charge in [-0.25, -0.2) is 0 Å². The van der Waals surface area contributed by atoms with Gasteiger partial charge in [-0.1, -0.05) is 73.6 Å². The standard InChI is InChI=1S/C28H30Cl2N6O5S/c1-27(2,3)18-7-9-22(20(30)13-18)36-26(33-34-35-36)42-16-24(38)32-21-8-6-17(12-19(21)29)10-11-28(4,5)41-15-23(37)31-14-25(39)40/h6-9,12-13H,14-16H2,1-5H3,(H,31,37)(H,32,38)(H,39,40). The van der Waals surface area contributed by atoms with Gasteiger partial charge in [0.05, 0.1) is 27.2 Å². The Morgan fingerprint density at radius 1 is 1.05 bits per heavy atom. The zero-order valence-corrected chi connectivity index (χ0v) is 25.9. The Balaban J connectivity index is 1.58. The minimum atomic E-state index is -1.15. The number of carboxylic acids is 1. The van der Waals surface area contributed by atoms with Gasteiger partial charge < -0.3 is 20.5 Å². The number of carboxylic acid groups (broad SMARTS) is 1. The lowest BCUT2D eigenvalue weighted by Crippen LogP contribution is -2.35. The first-order valence-electron chi connectivity index (χ1n) is 12.6. The zero-order chi connectivity index (χ0) is 31.1. The number of rotatable bonds is 10. The Bertz CT molecular complexity index is 1540. The van der Waals surface area contributed by atoms with Crippen molar-refractivity contribution in [2.45, 2.75) is 50.8 Å². The van der Waals surface area contributed by atoms with E-state index in [1.165, 1.54) is 4.68 Å². The van der Waals surface area contributed by atoms with Gasteiger partial charge in [-0.05, 0) is 65.6 Å². The smallest absolute Gasteiger partial charge is 0.322 e. The number of aromatic nitrogens is 4. The lowest BCUT2D eigenvalue weighted by Gasteiger charge is -2.20. The number of benzene rings is 2. The number of anilines is 1. The molecular weight excluding hydrogens is 603 g/mol. The fourth-order valence-electron chi connectivity index (χ4n) is 3.31. The van der Waals surface area contributed by atoms with Gasteiger partial charge in [0.2, 0.25) is 17.0 Å². The normalized spacial score (nSPS) is 11.4.